The highest BCUT2D eigenvalue weighted by atomic mass is 16.5. The molecular weight excluding hydrogens is 330 g/mol. The van der Waals surface area contributed by atoms with Gasteiger partial charge >= 0.3 is 0 Å². The second-order valence-corrected chi connectivity index (χ2v) is 5.63. The van der Waals surface area contributed by atoms with Crippen LogP contribution in [0.1, 0.15) is 25.3 Å². The molecule has 0 spiro atoms. The first-order valence-electron chi connectivity index (χ1n) is 8.60. The number of carbonyl (C=O) groups excluding carboxylic acids is 1. The maximum absolute atomic E-state index is 12.3. The third kappa shape index (κ3) is 5.55. The summed E-state index contributed by atoms with van der Waals surface area (Å²) in [6.07, 6.45) is 5.20. The van der Waals surface area contributed by atoms with Gasteiger partial charge in [0, 0.05) is 17.7 Å². The second kappa shape index (κ2) is 10.1. The number of nitrogens with one attached hydrogen (secondary N) is 1. The van der Waals surface area contributed by atoms with Crippen LogP contribution in [0.4, 0.5) is 5.69 Å². The summed E-state index contributed by atoms with van der Waals surface area (Å²) in [6, 6.07) is 12.8. The molecule has 5 heteroatoms. The Balaban J connectivity index is 2.06. The van der Waals surface area contributed by atoms with Crippen LogP contribution in [0.5, 0.6) is 17.2 Å². The Morgan fingerprint density at radius 3 is 2.62 bits per heavy atom. The molecule has 26 heavy (non-hydrogen) atoms. The van der Waals surface area contributed by atoms with Gasteiger partial charge < -0.3 is 19.5 Å². The summed E-state index contributed by atoms with van der Waals surface area (Å²) < 4.78 is 16.2. The van der Waals surface area contributed by atoms with Crippen LogP contribution in [-0.4, -0.2) is 26.7 Å². The van der Waals surface area contributed by atoms with Gasteiger partial charge in [-0.1, -0.05) is 25.5 Å². The normalized spacial score (nSPS) is 10.6. The summed E-state index contributed by atoms with van der Waals surface area (Å²) in [5.74, 6) is 1.76. The molecule has 0 aliphatic heterocycles. The van der Waals surface area contributed by atoms with Gasteiger partial charge in [-0.05, 0) is 36.8 Å². The molecule has 1 amide bonds. The summed E-state index contributed by atoms with van der Waals surface area (Å²) in [6.45, 7) is 2.73. The van der Waals surface area contributed by atoms with Gasteiger partial charge in [0.15, 0.2) is 0 Å². The SMILES string of the molecule is CCCCOc1ccccc1NC(=O)C=Cc1ccc(OC)cc1OC. The monoisotopic (exact) mass is 355 g/mol. The molecule has 0 fully saturated rings. The van der Waals surface area contributed by atoms with Crippen LogP contribution < -0.4 is 19.5 Å². The predicted octanol–water partition coefficient (Wildman–Crippen LogP) is 4.53. The average molecular weight is 355 g/mol. The van der Waals surface area contributed by atoms with E-state index in [4.69, 9.17) is 14.2 Å². The summed E-state index contributed by atoms with van der Waals surface area (Å²) in [7, 11) is 3.17. The lowest BCUT2D eigenvalue weighted by molar-refractivity contribution is -0.111. The van der Waals surface area contributed by atoms with E-state index < -0.39 is 0 Å². The highest BCUT2D eigenvalue weighted by Crippen LogP contribution is 2.26. The van der Waals surface area contributed by atoms with Crippen LogP contribution in [0, 0.1) is 0 Å². The standard InChI is InChI=1S/C21H25NO4/c1-4-5-14-26-19-9-7-6-8-18(19)22-21(23)13-11-16-10-12-17(24-2)15-20(16)25-3/h6-13,15H,4-5,14H2,1-3H3,(H,22,23). The number of rotatable bonds is 9. The highest BCUT2D eigenvalue weighted by Gasteiger charge is 2.06. The van der Waals surface area contributed by atoms with Crippen molar-refractivity contribution in [3.63, 3.8) is 0 Å². The van der Waals surface area contributed by atoms with Crippen LogP contribution in [0.3, 0.4) is 0 Å². The molecule has 0 aliphatic carbocycles. The number of carbonyl (C=O) groups is 1. The largest absolute Gasteiger partial charge is 0.497 e. The Morgan fingerprint density at radius 1 is 1.08 bits per heavy atom. The van der Waals surface area contributed by atoms with Crippen molar-refractivity contribution in [3.8, 4) is 17.2 Å². The van der Waals surface area contributed by atoms with Gasteiger partial charge in [-0.25, -0.2) is 0 Å². The third-order valence-corrected chi connectivity index (χ3v) is 3.76. The molecule has 0 unspecified atom stereocenters. The number of hydrogen-bond donors (Lipinski definition) is 1. The van der Waals surface area contributed by atoms with Crippen LogP contribution in [0.2, 0.25) is 0 Å². The molecule has 2 aromatic rings. The lowest BCUT2D eigenvalue weighted by Crippen LogP contribution is -2.09. The van der Waals surface area contributed by atoms with E-state index in [2.05, 4.69) is 12.2 Å². The molecule has 0 bridgehead atoms. The Hall–Kier alpha value is -2.95. The zero-order valence-electron chi connectivity index (χ0n) is 15.5. The number of anilines is 1. The molecule has 0 aromatic heterocycles. The zero-order chi connectivity index (χ0) is 18.8. The van der Waals surface area contributed by atoms with Crippen LogP contribution in [0.25, 0.3) is 6.08 Å². The molecular formula is C21H25NO4. The second-order valence-electron chi connectivity index (χ2n) is 5.63. The van der Waals surface area contributed by atoms with Crippen molar-refractivity contribution in [2.75, 3.05) is 26.1 Å². The van der Waals surface area contributed by atoms with E-state index in [1.165, 1.54) is 6.08 Å². The number of para-hydroxylation sites is 2. The minimum absolute atomic E-state index is 0.241. The Bertz CT molecular complexity index is 755. The van der Waals surface area contributed by atoms with Gasteiger partial charge in [-0.15, -0.1) is 0 Å². The van der Waals surface area contributed by atoms with Crippen LogP contribution in [-0.2, 0) is 4.79 Å². The van der Waals surface area contributed by atoms with Crippen LogP contribution in [0.15, 0.2) is 48.5 Å². The topological polar surface area (TPSA) is 56.8 Å². The first kappa shape index (κ1) is 19.4. The van der Waals surface area contributed by atoms with E-state index >= 15 is 0 Å². The zero-order valence-corrected chi connectivity index (χ0v) is 15.5. The van der Waals surface area contributed by atoms with Gasteiger partial charge in [0.05, 0.1) is 26.5 Å². The predicted molar refractivity (Wildman–Crippen MR) is 104 cm³/mol. The highest BCUT2D eigenvalue weighted by molar-refractivity contribution is 6.02. The summed E-state index contributed by atoms with van der Waals surface area (Å²) in [5.41, 5.74) is 1.44. The molecule has 0 saturated heterocycles. The van der Waals surface area contributed by atoms with Crippen molar-refractivity contribution in [2.24, 2.45) is 0 Å². The maximum Gasteiger partial charge on any atom is 0.248 e. The number of amides is 1. The van der Waals surface area contributed by atoms with Crippen molar-refractivity contribution in [3.05, 3.63) is 54.1 Å². The van der Waals surface area contributed by atoms with Crippen LogP contribution >= 0.6 is 0 Å². The first-order valence-corrected chi connectivity index (χ1v) is 8.60. The molecule has 2 rings (SSSR count). The number of benzene rings is 2. The van der Waals surface area contributed by atoms with Crippen molar-refractivity contribution >= 4 is 17.7 Å². The third-order valence-electron chi connectivity index (χ3n) is 3.76. The minimum Gasteiger partial charge on any atom is -0.497 e. The fourth-order valence-electron chi connectivity index (χ4n) is 2.32. The molecule has 5 nitrogen and oxygen atoms in total. The fraction of sp³-hybridized carbons (Fsp3) is 0.286. The van der Waals surface area contributed by atoms with Gasteiger partial charge in [-0.3, -0.25) is 4.79 Å². The molecule has 0 atom stereocenters. The molecule has 1 N–H and O–H groups in total. The average Bonchev–Trinajstić information content (AvgIpc) is 2.67. The minimum atomic E-state index is -0.241. The molecule has 0 saturated carbocycles. The number of ether oxygens (including phenoxy) is 3. The smallest absolute Gasteiger partial charge is 0.248 e. The summed E-state index contributed by atoms with van der Waals surface area (Å²) >= 11 is 0. The first-order chi connectivity index (χ1) is 12.7. The van der Waals surface area contributed by atoms with E-state index in [-0.39, 0.29) is 5.91 Å². The molecule has 0 aliphatic rings. The van der Waals surface area contributed by atoms with Crippen molar-refractivity contribution in [2.45, 2.75) is 19.8 Å². The number of unbranched alkanes of at least 4 members (excludes halogenated alkanes) is 1. The number of hydrogen-bond acceptors (Lipinski definition) is 4. The van der Waals surface area contributed by atoms with Crippen molar-refractivity contribution in [1.82, 2.24) is 0 Å². The van der Waals surface area contributed by atoms with Crippen molar-refractivity contribution in [1.29, 1.82) is 0 Å². The molecule has 138 valence electrons. The molecule has 0 radical (unpaired) electrons. The number of methoxy groups -OCH3 is 2. The Kier molecular flexibility index (Phi) is 7.55. The van der Waals surface area contributed by atoms with E-state index in [1.807, 2.05) is 36.4 Å². The fourth-order valence-corrected chi connectivity index (χ4v) is 2.32. The van der Waals surface area contributed by atoms with Gasteiger partial charge in [0.2, 0.25) is 5.91 Å². The van der Waals surface area contributed by atoms with Gasteiger partial charge in [0.25, 0.3) is 0 Å². The molecule has 0 heterocycles. The van der Waals surface area contributed by atoms with Gasteiger partial charge in [0.1, 0.15) is 17.2 Å². The van der Waals surface area contributed by atoms with Gasteiger partial charge in [-0.2, -0.15) is 0 Å². The lowest BCUT2D eigenvalue weighted by atomic mass is 10.1. The quantitative estimate of drug-likeness (QED) is 0.530. The van der Waals surface area contributed by atoms with E-state index in [0.717, 1.165) is 18.4 Å². The van der Waals surface area contributed by atoms with E-state index in [1.54, 1.807) is 26.4 Å². The Morgan fingerprint density at radius 2 is 1.88 bits per heavy atom. The Labute approximate surface area is 154 Å². The summed E-state index contributed by atoms with van der Waals surface area (Å²) in [4.78, 5) is 12.3. The van der Waals surface area contributed by atoms with Crippen molar-refractivity contribution < 1.29 is 19.0 Å². The van der Waals surface area contributed by atoms with E-state index in [0.29, 0.717) is 29.5 Å². The lowest BCUT2D eigenvalue weighted by Gasteiger charge is -2.11. The summed E-state index contributed by atoms with van der Waals surface area (Å²) in [5, 5.41) is 2.85. The van der Waals surface area contributed by atoms with E-state index in [9.17, 15) is 4.79 Å². The molecule has 2 aromatic carbocycles. The maximum atomic E-state index is 12.3.